The van der Waals surface area contributed by atoms with Crippen LogP contribution in [0.3, 0.4) is 0 Å². The molecule has 3 aromatic rings. The summed E-state index contributed by atoms with van der Waals surface area (Å²) in [5.41, 5.74) is 1.04. The van der Waals surface area contributed by atoms with Gasteiger partial charge in [0.05, 0.1) is 5.56 Å². The summed E-state index contributed by atoms with van der Waals surface area (Å²) in [5, 5.41) is 3.82. The van der Waals surface area contributed by atoms with Crippen molar-refractivity contribution >= 4 is 11.6 Å². The predicted molar refractivity (Wildman–Crippen MR) is 91.2 cm³/mol. The second-order valence-electron chi connectivity index (χ2n) is 6.22. The molecule has 1 amide bonds. The molecule has 0 saturated carbocycles. The number of alkyl halides is 3. The normalized spacial score (nSPS) is 14.1. The van der Waals surface area contributed by atoms with Gasteiger partial charge in [-0.2, -0.15) is 13.2 Å². The van der Waals surface area contributed by atoms with Crippen molar-refractivity contribution in [2.75, 3.05) is 11.4 Å². The van der Waals surface area contributed by atoms with E-state index in [0.717, 1.165) is 12.1 Å². The summed E-state index contributed by atoms with van der Waals surface area (Å²) in [7, 11) is 0. The maximum Gasteiger partial charge on any atom is 0.416 e. The van der Waals surface area contributed by atoms with Crippen LogP contribution in [0.5, 0.6) is 0 Å². The number of benzene rings is 1. The molecule has 0 saturated heterocycles. The molecule has 0 spiro atoms. The molecular formula is C19H14F3N3O2. The van der Waals surface area contributed by atoms with Crippen molar-refractivity contribution in [3.8, 4) is 11.3 Å². The number of carbonyl (C=O) groups is 1. The van der Waals surface area contributed by atoms with E-state index in [9.17, 15) is 18.0 Å². The first kappa shape index (κ1) is 17.3. The summed E-state index contributed by atoms with van der Waals surface area (Å²) < 4.78 is 44.0. The molecule has 0 atom stereocenters. The molecule has 1 aliphatic rings. The smallest absolute Gasteiger partial charge is 0.355 e. The van der Waals surface area contributed by atoms with Crippen LogP contribution in [0.25, 0.3) is 11.3 Å². The molecule has 0 N–H and O–H groups in total. The number of nitrogens with zero attached hydrogens (tertiary/aromatic N) is 3. The van der Waals surface area contributed by atoms with E-state index in [2.05, 4.69) is 10.1 Å². The molecule has 27 heavy (non-hydrogen) atoms. The molecule has 0 unspecified atom stereocenters. The standard InChI is InChI=1S/C19H14F3N3O2/c20-19(21,22)14-5-6-16-12(9-14)4-2-8-25(16)18(26)15-10-17(27-24-15)13-3-1-7-23-11-13/h1,3,5-7,9-11H,2,4,8H2. The number of amides is 1. The quantitative estimate of drug-likeness (QED) is 0.670. The molecule has 138 valence electrons. The summed E-state index contributed by atoms with van der Waals surface area (Å²) in [6.45, 7) is 0.409. The lowest BCUT2D eigenvalue weighted by Gasteiger charge is -2.29. The van der Waals surface area contributed by atoms with Crippen molar-refractivity contribution in [2.24, 2.45) is 0 Å². The highest BCUT2D eigenvalue weighted by atomic mass is 19.4. The Kier molecular flexibility index (Phi) is 4.18. The average molecular weight is 373 g/mol. The number of hydrogen-bond donors (Lipinski definition) is 0. The number of anilines is 1. The lowest BCUT2D eigenvalue weighted by atomic mass is 9.98. The molecule has 0 fully saturated rings. The molecule has 1 aromatic carbocycles. The third kappa shape index (κ3) is 3.30. The maximum absolute atomic E-state index is 12.9. The molecular weight excluding hydrogens is 359 g/mol. The minimum absolute atomic E-state index is 0.0987. The first-order chi connectivity index (χ1) is 12.9. The second-order valence-corrected chi connectivity index (χ2v) is 6.22. The van der Waals surface area contributed by atoms with Gasteiger partial charge in [-0.25, -0.2) is 0 Å². The van der Waals surface area contributed by atoms with Crippen LogP contribution in [0, 0.1) is 0 Å². The number of rotatable bonds is 2. The Balaban J connectivity index is 1.64. The highest BCUT2D eigenvalue weighted by molar-refractivity contribution is 6.05. The van der Waals surface area contributed by atoms with E-state index in [1.54, 1.807) is 24.5 Å². The third-order valence-electron chi connectivity index (χ3n) is 4.45. The van der Waals surface area contributed by atoms with Gasteiger partial charge < -0.3 is 9.42 Å². The van der Waals surface area contributed by atoms with Crippen molar-refractivity contribution in [3.05, 3.63) is 65.6 Å². The lowest BCUT2D eigenvalue weighted by Crippen LogP contribution is -2.35. The Bertz CT molecular complexity index is 983. The summed E-state index contributed by atoms with van der Waals surface area (Å²) in [6.07, 6.45) is -0.141. The third-order valence-corrected chi connectivity index (χ3v) is 4.45. The van der Waals surface area contributed by atoms with Crippen LogP contribution < -0.4 is 4.90 Å². The lowest BCUT2D eigenvalue weighted by molar-refractivity contribution is -0.137. The zero-order chi connectivity index (χ0) is 19.0. The average Bonchev–Trinajstić information content (AvgIpc) is 3.17. The van der Waals surface area contributed by atoms with Gasteiger partial charge in [0.1, 0.15) is 0 Å². The Morgan fingerprint density at radius 1 is 1.19 bits per heavy atom. The molecule has 2 aromatic heterocycles. The topological polar surface area (TPSA) is 59.2 Å². The largest absolute Gasteiger partial charge is 0.416 e. The fraction of sp³-hybridized carbons (Fsp3) is 0.211. The van der Waals surface area contributed by atoms with E-state index < -0.39 is 17.6 Å². The molecule has 1 aliphatic heterocycles. The van der Waals surface area contributed by atoms with Gasteiger partial charge in [-0.15, -0.1) is 0 Å². The van der Waals surface area contributed by atoms with Gasteiger partial charge in [0.2, 0.25) is 0 Å². The summed E-state index contributed by atoms with van der Waals surface area (Å²) in [6, 6.07) is 8.47. The number of aromatic nitrogens is 2. The van der Waals surface area contributed by atoms with E-state index in [0.29, 0.717) is 42.0 Å². The highest BCUT2D eigenvalue weighted by Gasteiger charge is 2.33. The first-order valence-corrected chi connectivity index (χ1v) is 8.32. The molecule has 0 bridgehead atoms. The van der Waals surface area contributed by atoms with Crippen molar-refractivity contribution < 1.29 is 22.5 Å². The number of hydrogen-bond acceptors (Lipinski definition) is 4. The SMILES string of the molecule is O=C(c1cc(-c2cccnc2)on1)N1CCCc2cc(C(F)(F)F)ccc21. The fourth-order valence-corrected chi connectivity index (χ4v) is 3.14. The number of aryl methyl sites for hydroxylation is 1. The van der Waals surface area contributed by atoms with E-state index in [4.69, 9.17) is 4.52 Å². The van der Waals surface area contributed by atoms with Gasteiger partial charge >= 0.3 is 6.18 Å². The van der Waals surface area contributed by atoms with Gasteiger partial charge in [-0.05, 0) is 48.7 Å². The highest BCUT2D eigenvalue weighted by Crippen LogP contribution is 2.35. The minimum atomic E-state index is -4.41. The monoisotopic (exact) mass is 373 g/mol. The van der Waals surface area contributed by atoms with Gasteiger partial charge in [-0.3, -0.25) is 9.78 Å². The Hall–Kier alpha value is -3.16. The van der Waals surface area contributed by atoms with Crippen LogP contribution in [0.1, 0.15) is 28.0 Å². The van der Waals surface area contributed by atoms with Crippen molar-refractivity contribution in [2.45, 2.75) is 19.0 Å². The minimum Gasteiger partial charge on any atom is -0.355 e. The number of carbonyl (C=O) groups excluding carboxylic acids is 1. The van der Waals surface area contributed by atoms with Crippen LogP contribution in [-0.2, 0) is 12.6 Å². The van der Waals surface area contributed by atoms with Gasteiger partial charge in [0.15, 0.2) is 11.5 Å². The zero-order valence-electron chi connectivity index (χ0n) is 14.0. The molecule has 4 rings (SSSR count). The van der Waals surface area contributed by atoms with E-state index in [1.165, 1.54) is 17.0 Å². The molecule has 3 heterocycles. The van der Waals surface area contributed by atoms with Crippen LogP contribution in [0.2, 0.25) is 0 Å². The first-order valence-electron chi connectivity index (χ1n) is 8.32. The van der Waals surface area contributed by atoms with Gasteiger partial charge in [0, 0.05) is 36.3 Å². The summed E-state index contributed by atoms with van der Waals surface area (Å²) >= 11 is 0. The fourth-order valence-electron chi connectivity index (χ4n) is 3.14. The maximum atomic E-state index is 12.9. The van der Waals surface area contributed by atoms with Crippen LogP contribution in [0.15, 0.2) is 53.3 Å². The van der Waals surface area contributed by atoms with Crippen molar-refractivity contribution in [1.29, 1.82) is 0 Å². The zero-order valence-corrected chi connectivity index (χ0v) is 14.0. The number of halogens is 3. The Labute approximate surface area is 152 Å². The molecule has 5 nitrogen and oxygen atoms in total. The number of fused-ring (bicyclic) bond motifs is 1. The Morgan fingerprint density at radius 2 is 2.04 bits per heavy atom. The number of pyridine rings is 1. The van der Waals surface area contributed by atoms with E-state index >= 15 is 0 Å². The van der Waals surface area contributed by atoms with Crippen LogP contribution in [0.4, 0.5) is 18.9 Å². The Morgan fingerprint density at radius 3 is 2.78 bits per heavy atom. The molecule has 0 radical (unpaired) electrons. The van der Waals surface area contributed by atoms with Crippen LogP contribution in [-0.4, -0.2) is 22.6 Å². The van der Waals surface area contributed by atoms with Crippen LogP contribution >= 0.6 is 0 Å². The summed E-state index contributed by atoms with van der Waals surface area (Å²) in [4.78, 5) is 18.3. The molecule has 8 heteroatoms. The predicted octanol–water partition coefficient (Wildman–Crippen LogP) is 4.35. The van der Waals surface area contributed by atoms with E-state index in [1.807, 2.05) is 0 Å². The van der Waals surface area contributed by atoms with Gasteiger partial charge in [0.25, 0.3) is 5.91 Å². The van der Waals surface area contributed by atoms with Crippen molar-refractivity contribution in [1.82, 2.24) is 10.1 Å². The second kappa shape index (κ2) is 6.53. The molecule has 0 aliphatic carbocycles. The van der Waals surface area contributed by atoms with Crippen molar-refractivity contribution in [3.63, 3.8) is 0 Å². The van der Waals surface area contributed by atoms with E-state index in [-0.39, 0.29) is 5.69 Å². The summed E-state index contributed by atoms with van der Waals surface area (Å²) in [5.74, 6) is -0.00861. The van der Waals surface area contributed by atoms with Gasteiger partial charge in [-0.1, -0.05) is 5.16 Å².